The molecule has 0 fully saturated rings. The molecule has 0 bridgehead atoms. The van der Waals surface area contributed by atoms with Crippen molar-refractivity contribution in [1.82, 2.24) is 10.2 Å². The van der Waals surface area contributed by atoms with Gasteiger partial charge in [0.1, 0.15) is 11.6 Å². The molecule has 0 saturated carbocycles. The molecule has 1 aromatic carbocycles. The zero-order valence-corrected chi connectivity index (χ0v) is 11.2. The smallest absolute Gasteiger partial charge is 0.242 e. The molecule has 94 valence electrons. The van der Waals surface area contributed by atoms with E-state index in [1.165, 1.54) is 18.2 Å². The monoisotopic (exact) mass is 286 g/mol. The van der Waals surface area contributed by atoms with Crippen LogP contribution in [0.3, 0.4) is 0 Å². The number of hydrogen-bond donors (Lipinski definition) is 0. The predicted molar refractivity (Wildman–Crippen MR) is 68.0 cm³/mol. The molecule has 0 N–H and O–H groups in total. The number of ether oxygens (including phenoxy) is 1. The van der Waals surface area contributed by atoms with Crippen LogP contribution in [0.15, 0.2) is 18.2 Å². The van der Waals surface area contributed by atoms with Crippen LogP contribution < -0.4 is 4.74 Å². The van der Waals surface area contributed by atoms with Gasteiger partial charge in [-0.15, -0.1) is 10.2 Å². The highest BCUT2D eigenvalue weighted by Gasteiger charge is 2.11. The standard InChI is InChI=1S/C12H9Cl2FN2O/c1-6-7(2)12(17-16-11(6)14)18-8-3-4-10(15)9(13)5-8/h3-5H,1-2H3. The van der Waals surface area contributed by atoms with Crippen molar-refractivity contribution in [3.05, 3.63) is 45.3 Å². The van der Waals surface area contributed by atoms with Gasteiger partial charge in [0.25, 0.3) is 0 Å². The summed E-state index contributed by atoms with van der Waals surface area (Å²) in [5.74, 6) is 0.208. The van der Waals surface area contributed by atoms with Crippen LogP contribution in [0, 0.1) is 19.7 Å². The molecule has 3 nitrogen and oxygen atoms in total. The third kappa shape index (κ3) is 2.54. The van der Waals surface area contributed by atoms with Crippen LogP contribution in [-0.4, -0.2) is 10.2 Å². The predicted octanol–water partition coefficient (Wildman–Crippen LogP) is 4.33. The van der Waals surface area contributed by atoms with E-state index in [2.05, 4.69) is 10.2 Å². The minimum Gasteiger partial charge on any atom is -0.437 e. The summed E-state index contributed by atoms with van der Waals surface area (Å²) in [6.07, 6.45) is 0. The summed E-state index contributed by atoms with van der Waals surface area (Å²) in [5, 5.41) is 7.92. The molecular weight excluding hydrogens is 278 g/mol. The summed E-state index contributed by atoms with van der Waals surface area (Å²) in [6.45, 7) is 3.63. The molecular formula is C12H9Cl2FN2O. The SMILES string of the molecule is Cc1c(Cl)nnc(Oc2ccc(F)c(Cl)c2)c1C. The van der Waals surface area contributed by atoms with Gasteiger partial charge < -0.3 is 4.74 Å². The van der Waals surface area contributed by atoms with Crippen LogP contribution in [0.2, 0.25) is 10.2 Å². The highest BCUT2D eigenvalue weighted by molar-refractivity contribution is 6.31. The van der Waals surface area contributed by atoms with Crippen LogP contribution in [0.5, 0.6) is 11.6 Å². The van der Waals surface area contributed by atoms with Crippen LogP contribution in [0.1, 0.15) is 11.1 Å². The molecule has 2 aromatic rings. The Morgan fingerprint density at radius 1 is 1.11 bits per heavy atom. The van der Waals surface area contributed by atoms with Gasteiger partial charge >= 0.3 is 0 Å². The first-order valence-corrected chi connectivity index (χ1v) is 5.87. The fourth-order valence-corrected chi connectivity index (χ4v) is 1.65. The molecule has 0 radical (unpaired) electrons. The Labute approximate surface area is 114 Å². The van der Waals surface area contributed by atoms with Gasteiger partial charge in [-0.25, -0.2) is 4.39 Å². The van der Waals surface area contributed by atoms with E-state index in [0.29, 0.717) is 16.8 Å². The van der Waals surface area contributed by atoms with Crippen molar-refractivity contribution in [3.63, 3.8) is 0 Å². The number of benzene rings is 1. The third-order valence-electron chi connectivity index (χ3n) is 2.53. The lowest BCUT2D eigenvalue weighted by Gasteiger charge is -2.09. The Kier molecular flexibility index (Phi) is 3.68. The topological polar surface area (TPSA) is 35.0 Å². The second-order valence-corrected chi connectivity index (χ2v) is 4.49. The molecule has 1 aromatic heterocycles. The average molecular weight is 287 g/mol. The Hall–Kier alpha value is -1.39. The van der Waals surface area contributed by atoms with Crippen molar-refractivity contribution in [3.8, 4) is 11.6 Å². The normalized spacial score (nSPS) is 10.5. The minimum absolute atomic E-state index is 0.0104. The van der Waals surface area contributed by atoms with Crippen molar-refractivity contribution in [2.75, 3.05) is 0 Å². The first-order chi connectivity index (χ1) is 8.49. The Balaban J connectivity index is 2.34. The molecule has 1 heterocycles. The van der Waals surface area contributed by atoms with Gasteiger partial charge in [0.15, 0.2) is 5.15 Å². The quantitative estimate of drug-likeness (QED) is 0.824. The molecule has 0 amide bonds. The summed E-state index contributed by atoms with van der Waals surface area (Å²) in [6, 6.07) is 4.07. The summed E-state index contributed by atoms with van der Waals surface area (Å²) in [7, 11) is 0. The van der Waals surface area contributed by atoms with E-state index in [9.17, 15) is 4.39 Å². The zero-order valence-electron chi connectivity index (χ0n) is 9.67. The summed E-state index contributed by atoms with van der Waals surface area (Å²) >= 11 is 11.5. The van der Waals surface area contributed by atoms with Crippen molar-refractivity contribution in [2.45, 2.75) is 13.8 Å². The second kappa shape index (κ2) is 5.08. The molecule has 0 spiro atoms. The fraction of sp³-hybridized carbons (Fsp3) is 0.167. The van der Waals surface area contributed by atoms with Gasteiger partial charge in [0.2, 0.25) is 5.88 Å². The number of aromatic nitrogens is 2. The van der Waals surface area contributed by atoms with Crippen molar-refractivity contribution >= 4 is 23.2 Å². The van der Waals surface area contributed by atoms with Gasteiger partial charge in [-0.3, -0.25) is 0 Å². The van der Waals surface area contributed by atoms with E-state index in [1.54, 1.807) is 0 Å². The van der Waals surface area contributed by atoms with E-state index in [4.69, 9.17) is 27.9 Å². The Bertz CT molecular complexity index is 605. The molecule has 0 aliphatic heterocycles. The van der Waals surface area contributed by atoms with E-state index in [0.717, 1.165) is 11.1 Å². The van der Waals surface area contributed by atoms with E-state index in [-0.39, 0.29) is 5.02 Å². The third-order valence-corrected chi connectivity index (χ3v) is 3.18. The molecule has 0 unspecified atom stereocenters. The highest BCUT2D eigenvalue weighted by Crippen LogP contribution is 2.29. The molecule has 2 rings (SSSR count). The van der Waals surface area contributed by atoms with E-state index >= 15 is 0 Å². The lowest BCUT2D eigenvalue weighted by Crippen LogP contribution is -1.97. The van der Waals surface area contributed by atoms with Gasteiger partial charge in [-0.1, -0.05) is 23.2 Å². The maximum atomic E-state index is 13.0. The van der Waals surface area contributed by atoms with E-state index in [1.807, 2.05) is 13.8 Å². The van der Waals surface area contributed by atoms with Crippen molar-refractivity contribution in [1.29, 1.82) is 0 Å². The van der Waals surface area contributed by atoms with Crippen LogP contribution in [-0.2, 0) is 0 Å². The van der Waals surface area contributed by atoms with Crippen molar-refractivity contribution < 1.29 is 9.13 Å². The number of rotatable bonds is 2. The number of nitrogens with zero attached hydrogens (tertiary/aromatic N) is 2. The molecule has 0 aliphatic carbocycles. The van der Waals surface area contributed by atoms with E-state index < -0.39 is 5.82 Å². The average Bonchev–Trinajstić information content (AvgIpc) is 2.34. The first kappa shape index (κ1) is 13.1. The lowest BCUT2D eigenvalue weighted by molar-refractivity contribution is 0.449. The molecule has 0 saturated heterocycles. The number of halogens is 3. The molecule has 0 aliphatic rings. The second-order valence-electron chi connectivity index (χ2n) is 3.72. The first-order valence-electron chi connectivity index (χ1n) is 5.11. The van der Waals surface area contributed by atoms with Gasteiger partial charge in [-0.2, -0.15) is 0 Å². The Morgan fingerprint density at radius 3 is 2.50 bits per heavy atom. The summed E-state index contributed by atoms with van der Waals surface area (Å²) in [5.41, 5.74) is 1.56. The maximum absolute atomic E-state index is 13.0. The molecule has 0 atom stereocenters. The van der Waals surface area contributed by atoms with Gasteiger partial charge in [0.05, 0.1) is 5.02 Å². The minimum atomic E-state index is -0.501. The number of hydrogen-bond acceptors (Lipinski definition) is 3. The van der Waals surface area contributed by atoms with Crippen molar-refractivity contribution in [2.24, 2.45) is 0 Å². The largest absolute Gasteiger partial charge is 0.437 e. The summed E-state index contributed by atoms with van der Waals surface area (Å²) in [4.78, 5) is 0. The lowest BCUT2D eigenvalue weighted by atomic mass is 10.2. The molecule has 6 heteroatoms. The fourth-order valence-electron chi connectivity index (χ4n) is 1.30. The highest BCUT2D eigenvalue weighted by atomic mass is 35.5. The Morgan fingerprint density at radius 2 is 1.83 bits per heavy atom. The van der Waals surface area contributed by atoms with Gasteiger partial charge in [0, 0.05) is 11.6 Å². The van der Waals surface area contributed by atoms with Gasteiger partial charge in [-0.05, 0) is 31.5 Å². The van der Waals surface area contributed by atoms with Crippen LogP contribution >= 0.6 is 23.2 Å². The molecule has 18 heavy (non-hydrogen) atoms. The van der Waals surface area contributed by atoms with Crippen LogP contribution in [0.25, 0.3) is 0 Å². The summed E-state index contributed by atoms with van der Waals surface area (Å²) < 4.78 is 18.5. The van der Waals surface area contributed by atoms with Crippen LogP contribution in [0.4, 0.5) is 4.39 Å². The maximum Gasteiger partial charge on any atom is 0.242 e. The zero-order chi connectivity index (χ0) is 13.3.